The summed E-state index contributed by atoms with van der Waals surface area (Å²) in [5, 5.41) is 9.49. The minimum absolute atomic E-state index is 0.455. The van der Waals surface area contributed by atoms with Crippen LogP contribution in [0.15, 0.2) is 12.3 Å². The topological polar surface area (TPSA) is 75.3 Å². The SMILES string of the molecule is CC1(O)CN(c2nccc(N)n2)C1. The highest BCUT2D eigenvalue weighted by molar-refractivity contribution is 5.41. The number of hydrogen-bond donors (Lipinski definition) is 2. The van der Waals surface area contributed by atoms with E-state index in [0.717, 1.165) is 0 Å². The molecule has 5 nitrogen and oxygen atoms in total. The van der Waals surface area contributed by atoms with Gasteiger partial charge in [0, 0.05) is 6.20 Å². The molecule has 2 rings (SSSR count). The molecule has 0 aliphatic carbocycles. The molecule has 0 spiro atoms. The van der Waals surface area contributed by atoms with Crippen molar-refractivity contribution in [3.05, 3.63) is 12.3 Å². The van der Waals surface area contributed by atoms with E-state index in [4.69, 9.17) is 5.73 Å². The molecule has 0 aromatic carbocycles. The molecule has 1 aliphatic heterocycles. The van der Waals surface area contributed by atoms with Crippen molar-refractivity contribution < 1.29 is 5.11 Å². The van der Waals surface area contributed by atoms with Crippen molar-refractivity contribution in [1.29, 1.82) is 0 Å². The standard InChI is InChI=1S/C8H12N4O/c1-8(13)4-12(5-8)7-10-3-2-6(9)11-7/h2-3,13H,4-5H2,1H3,(H2,9,10,11). The Morgan fingerprint density at radius 3 is 2.85 bits per heavy atom. The minimum atomic E-state index is -0.603. The summed E-state index contributed by atoms with van der Waals surface area (Å²) >= 11 is 0. The lowest BCUT2D eigenvalue weighted by Crippen LogP contribution is -2.60. The highest BCUT2D eigenvalue weighted by Crippen LogP contribution is 2.24. The summed E-state index contributed by atoms with van der Waals surface area (Å²) in [5.41, 5.74) is 4.90. The van der Waals surface area contributed by atoms with Crippen LogP contribution in [0.5, 0.6) is 0 Å². The van der Waals surface area contributed by atoms with Gasteiger partial charge in [-0.25, -0.2) is 4.98 Å². The molecule has 13 heavy (non-hydrogen) atoms. The van der Waals surface area contributed by atoms with Gasteiger partial charge < -0.3 is 15.7 Å². The predicted molar refractivity (Wildman–Crippen MR) is 49.3 cm³/mol. The van der Waals surface area contributed by atoms with Crippen LogP contribution >= 0.6 is 0 Å². The van der Waals surface area contributed by atoms with Crippen LogP contribution in [0.25, 0.3) is 0 Å². The second-order valence-corrected chi connectivity index (χ2v) is 3.63. The van der Waals surface area contributed by atoms with Crippen molar-refractivity contribution in [3.8, 4) is 0 Å². The lowest BCUT2D eigenvalue weighted by Gasteiger charge is -2.44. The third kappa shape index (κ3) is 1.55. The van der Waals surface area contributed by atoms with Crippen molar-refractivity contribution in [2.45, 2.75) is 12.5 Å². The number of nitrogens with two attached hydrogens (primary N) is 1. The van der Waals surface area contributed by atoms with Gasteiger partial charge in [0.2, 0.25) is 5.95 Å². The zero-order valence-corrected chi connectivity index (χ0v) is 7.44. The first-order chi connectivity index (χ1) is 6.07. The van der Waals surface area contributed by atoms with Crippen LogP contribution in [0, 0.1) is 0 Å². The van der Waals surface area contributed by atoms with E-state index in [1.807, 2.05) is 4.90 Å². The third-order valence-corrected chi connectivity index (χ3v) is 2.01. The van der Waals surface area contributed by atoms with Gasteiger partial charge in [-0.3, -0.25) is 0 Å². The zero-order valence-electron chi connectivity index (χ0n) is 7.44. The molecular weight excluding hydrogens is 168 g/mol. The van der Waals surface area contributed by atoms with Crippen molar-refractivity contribution >= 4 is 11.8 Å². The molecule has 1 saturated heterocycles. The number of anilines is 2. The second-order valence-electron chi connectivity index (χ2n) is 3.63. The summed E-state index contributed by atoms with van der Waals surface area (Å²) in [6.07, 6.45) is 1.62. The Morgan fingerprint density at radius 2 is 2.31 bits per heavy atom. The average molecular weight is 180 g/mol. The normalized spacial score (nSPS) is 19.7. The summed E-state index contributed by atoms with van der Waals surface area (Å²) in [5.74, 6) is 1.04. The fourth-order valence-corrected chi connectivity index (χ4v) is 1.43. The molecule has 0 bridgehead atoms. The van der Waals surface area contributed by atoms with E-state index in [2.05, 4.69) is 9.97 Å². The molecular formula is C8H12N4O. The fourth-order valence-electron chi connectivity index (χ4n) is 1.43. The summed E-state index contributed by atoms with van der Waals surface area (Å²) in [6.45, 7) is 2.92. The summed E-state index contributed by atoms with van der Waals surface area (Å²) in [7, 11) is 0. The zero-order chi connectivity index (χ0) is 9.47. The Morgan fingerprint density at radius 1 is 1.62 bits per heavy atom. The molecule has 0 amide bonds. The van der Waals surface area contributed by atoms with Gasteiger partial charge in [-0.2, -0.15) is 4.98 Å². The lowest BCUT2D eigenvalue weighted by molar-refractivity contribution is 0.0300. The molecule has 0 saturated carbocycles. The first-order valence-electron chi connectivity index (χ1n) is 4.13. The fraction of sp³-hybridized carbons (Fsp3) is 0.500. The number of β-amino-alcohol motifs (C(OH)–C–C–N with tert-alkyl or cyclic N) is 1. The smallest absolute Gasteiger partial charge is 0.227 e. The van der Waals surface area contributed by atoms with Crippen LogP contribution in [-0.2, 0) is 0 Å². The number of nitrogen functional groups attached to an aromatic ring is 1. The predicted octanol–water partition coefficient (Wildman–Crippen LogP) is -0.370. The van der Waals surface area contributed by atoms with Crippen molar-refractivity contribution in [2.75, 3.05) is 23.7 Å². The molecule has 1 fully saturated rings. The molecule has 1 aromatic heterocycles. The molecule has 3 N–H and O–H groups in total. The van der Waals surface area contributed by atoms with E-state index >= 15 is 0 Å². The van der Waals surface area contributed by atoms with E-state index in [9.17, 15) is 5.11 Å². The van der Waals surface area contributed by atoms with Gasteiger partial charge in [0.05, 0.1) is 18.7 Å². The summed E-state index contributed by atoms with van der Waals surface area (Å²) < 4.78 is 0. The highest BCUT2D eigenvalue weighted by Gasteiger charge is 2.37. The number of nitrogens with zero attached hydrogens (tertiary/aromatic N) is 3. The monoisotopic (exact) mass is 180 g/mol. The Bertz CT molecular complexity index is 318. The van der Waals surface area contributed by atoms with E-state index < -0.39 is 5.60 Å². The number of aromatic nitrogens is 2. The van der Waals surface area contributed by atoms with Crippen LogP contribution < -0.4 is 10.6 Å². The van der Waals surface area contributed by atoms with Gasteiger partial charge in [0.25, 0.3) is 0 Å². The van der Waals surface area contributed by atoms with Crippen LogP contribution in [0.1, 0.15) is 6.92 Å². The molecule has 5 heteroatoms. The summed E-state index contributed by atoms with van der Waals surface area (Å²) in [4.78, 5) is 9.98. The van der Waals surface area contributed by atoms with Crippen molar-refractivity contribution in [2.24, 2.45) is 0 Å². The maximum atomic E-state index is 9.49. The van der Waals surface area contributed by atoms with E-state index in [1.54, 1.807) is 19.2 Å². The number of aliphatic hydroxyl groups is 1. The van der Waals surface area contributed by atoms with Gasteiger partial charge in [-0.05, 0) is 13.0 Å². The number of hydrogen-bond acceptors (Lipinski definition) is 5. The second kappa shape index (κ2) is 2.56. The largest absolute Gasteiger partial charge is 0.386 e. The first kappa shape index (κ1) is 8.25. The van der Waals surface area contributed by atoms with Crippen LogP contribution in [-0.4, -0.2) is 33.8 Å². The van der Waals surface area contributed by atoms with Gasteiger partial charge in [-0.1, -0.05) is 0 Å². The van der Waals surface area contributed by atoms with Crippen molar-refractivity contribution in [3.63, 3.8) is 0 Å². The third-order valence-electron chi connectivity index (χ3n) is 2.01. The molecule has 70 valence electrons. The van der Waals surface area contributed by atoms with E-state index in [1.165, 1.54) is 0 Å². The van der Waals surface area contributed by atoms with Crippen LogP contribution in [0.3, 0.4) is 0 Å². The molecule has 1 aromatic rings. The maximum Gasteiger partial charge on any atom is 0.227 e. The Kier molecular flexibility index (Phi) is 1.63. The van der Waals surface area contributed by atoms with E-state index in [-0.39, 0.29) is 0 Å². The van der Waals surface area contributed by atoms with E-state index in [0.29, 0.717) is 24.9 Å². The quantitative estimate of drug-likeness (QED) is 0.616. The Labute approximate surface area is 76.2 Å². The minimum Gasteiger partial charge on any atom is -0.386 e. The first-order valence-corrected chi connectivity index (χ1v) is 4.13. The molecule has 2 heterocycles. The average Bonchev–Trinajstić information content (AvgIpc) is 2.00. The Balaban J connectivity index is 2.11. The lowest BCUT2D eigenvalue weighted by atomic mass is 9.98. The molecule has 0 unspecified atom stereocenters. The number of rotatable bonds is 1. The van der Waals surface area contributed by atoms with Crippen LogP contribution in [0.2, 0.25) is 0 Å². The highest BCUT2D eigenvalue weighted by atomic mass is 16.3. The molecule has 0 radical (unpaired) electrons. The summed E-state index contributed by atoms with van der Waals surface area (Å²) in [6, 6.07) is 1.64. The molecule has 0 atom stereocenters. The van der Waals surface area contributed by atoms with Gasteiger partial charge in [0.1, 0.15) is 5.82 Å². The van der Waals surface area contributed by atoms with Gasteiger partial charge >= 0.3 is 0 Å². The van der Waals surface area contributed by atoms with Crippen molar-refractivity contribution in [1.82, 2.24) is 9.97 Å². The Hall–Kier alpha value is -1.36. The maximum absolute atomic E-state index is 9.49. The van der Waals surface area contributed by atoms with Gasteiger partial charge in [0.15, 0.2) is 0 Å². The molecule has 1 aliphatic rings. The van der Waals surface area contributed by atoms with Gasteiger partial charge in [-0.15, -0.1) is 0 Å². The van der Waals surface area contributed by atoms with Crippen LogP contribution in [0.4, 0.5) is 11.8 Å².